The molecule has 0 unspecified atom stereocenters. The minimum absolute atomic E-state index is 0. The second kappa shape index (κ2) is 9.22. The number of hydrogen-bond donors (Lipinski definition) is 1. The van der Waals surface area contributed by atoms with Crippen LogP contribution in [-0.2, 0) is 23.7 Å². The minimum atomic E-state index is 0. The van der Waals surface area contributed by atoms with Crippen molar-refractivity contribution in [3.05, 3.63) is 54.1 Å². The summed E-state index contributed by atoms with van der Waals surface area (Å²) in [5.41, 5.74) is 0.863. The first kappa shape index (κ1) is 15.0. The van der Waals surface area contributed by atoms with Crippen molar-refractivity contribution in [1.29, 1.82) is 0 Å². The summed E-state index contributed by atoms with van der Waals surface area (Å²) in [6.07, 6.45) is 0. The Bertz CT molecular complexity index is 321. The number of aliphatic hydroxyl groups excluding tert-OH is 1. The summed E-state index contributed by atoms with van der Waals surface area (Å²) in [5, 5.41) is 8.75. The van der Waals surface area contributed by atoms with E-state index in [0.29, 0.717) is 6.61 Å². The molecule has 2 nitrogen and oxygen atoms in total. The van der Waals surface area contributed by atoms with E-state index < -0.39 is 0 Å². The van der Waals surface area contributed by atoms with Gasteiger partial charge in [0.25, 0.3) is 0 Å². The summed E-state index contributed by atoms with van der Waals surface area (Å²) >= 11 is 0. The van der Waals surface area contributed by atoms with Crippen molar-refractivity contribution >= 4 is 0 Å². The zero-order chi connectivity index (χ0) is 10.9. The summed E-state index contributed by atoms with van der Waals surface area (Å²) in [5.74, 6) is 0.796. The molecule has 2 aromatic carbocycles. The van der Waals surface area contributed by atoms with Crippen LogP contribution in [-0.4, -0.2) is 11.7 Å². The predicted molar refractivity (Wildman–Crippen MR) is 61.2 cm³/mol. The van der Waals surface area contributed by atoms with Gasteiger partial charge in [0.2, 0.25) is 0 Å². The Balaban J connectivity index is 0.000000318. The van der Waals surface area contributed by atoms with Crippen molar-refractivity contribution in [3.63, 3.8) is 0 Å². The molecule has 0 bridgehead atoms. The Morgan fingerprint density at radius 2 is 2.00 bits per heavy atom. The molecule has 0 atom stereocenters. The summed E-state index contributed by atoms with van der Waals surface area (Å²) in [6, 6.07) is 15.6. The van der Waals surface area contributed by atoms with Gasteiger partial charge in [0.1, 0.15) is 0 Å². The van der Waals surface area contributed by atoms with Crippen LogP contribution in [0.2, 0.25) is 0 Å². The van der Waals surface area contributed by atoms with Gasteiger partial charge in [0, 0.05) is 12.4 Å². The molecule has 2 rings (SSSR count). The molecule has 0 spiro atoms. The van der Waals surface area contributed by atoms with Crippen molar-refractivity contribution in [1.82, 2.24) is 0 Å². The maximum atomic E-state index is 8.75. The van der Waals surface area contributed by atoms with Crippen molar-refractivity contribution in [2.24, 2.45) is 0 Å². The Labute approximate surface area is 107 Å². The van der Waals surface area contributed by atoms with Gasteiger partial charge >= 0.3 is 17.1 Å². The Morgan fingerprint density at radius 3 is 2.44 bits per heavy atom. The van der Waals surface area contributed by atoms with Crippen LogP contribution in [0.4, 0.5) is 0 Å². The van der Waals surface area contributed by atoms with Crippen LogP contribution < -0.4 is 4.74 Å². The SMILES string of the molecule is CCOc1ccc[c-]1CO.[Fe+2].c1cc[cH-]c1. The van der Waals surface area contributed by atoms with E-state index in [1.807, 2.05) is 55.5 Å². The number of ether oxygens (including phenoxy) is 1. The Hall–Kier alpha value is -1.02. The van der Waals surface area contributed by atoms with E-state index in [9.17, 15) is 0 Å². The molecule has 3 heteroatoms. The van der Waals surface area contributed by atoms with Crippen LogP contribution in [0.5, 0.6) is 5.75 Å². The van der Waals surface area contributed by atoms with Crippen molar-refractivity contribution in [2.75, 3.05) is 6.61 Å². The van der Waals surface area contributed by atoms with Crippen LogP contribution >= 0.6 is 0 Å². The van der Waals surface area contributed by atoms with Crippen LogP contribution in [0.3, 0.4) is 0 Å². The third-order valence-corrected chi connectivity index (χ3v) is 1.89. The van der Waals surface area contributed by atoms with Crippen LogP contribution in [0.25, 0.3) is 0 Å². The number of aliphatic hydroxyl groups is 1. The zero-order valence-corrected chi connectivity index (χ0v) is 10.3. The quantitative estimate of drug-likeness (QED) is 0.679. The van der Waals surface area contributed by atoms with Crippen LogP contribution in [0.15, 0.2) is 48.5 Å². The average Bonchev–Trinajstić information content (AvgIpc) is 2.92. The molecule has 0 fully saturated rings. The normalized spacial score (nSPS) is 8.62. The van der Waals surface area contributed by atoms with Crippen molar-refractivity contribution in [3.8, 4) is 5.75 Å². The molecule has 0 saturated carbocycles. The molecule has 16 heavy (non-hydrogen) atoms. The maximum absolute atomic E-state index is 8.75. The van der Waals surface area contributed by atoms with Crippen LogP contribution in [0.1, 0.15) is 12.5 Å². The van der Waals surface area contributed by atoms with Gasteiger partial charge in [-0.15, -0.1) is 0 Å². The van der Waals surface area contributed by atoms with E-state index in [2.05, 4.69) is 0 Å². The number of rotatable bonds is 3. The number of hydrogen-bond acceptors (Lipinski definition) is 2. The molecule has 1 N–H and O–H groups in total. The molecule has 0 aliphatic heterocycles. The van der Waals surface area contributed by atoms with Crippen LogP contribution in [0, 0.1) is 0 Å². The second-order valence-corrected chi connectivity index (χ2v) is 2.97. The molecule has 0 aliphatic rings. The predicted octanol–water partition coefficient (Wildman–Crippen LogP) is 2.70. The van der Waals surface area contributed by atoms with Gasteiger partial charge in [0.15, 0.2) is 0 Å². The fourth-order valence-corrected chi connectivity index (χ4v) is 1.19. The summed E-state index contributed by atoms with van der Waals surface area (Å²) < 4.78 is 5.21. The van der Waals surface area contributed by atoms with E-state index in [1.54, 1.807) is 0 Å². The van der Waals surface area contributed by atoms with Gasteiger partial charge in [-0.25, -0.2) is 18.2 Å². The molecule has 2 aromatic rings. The first-order valence-electron chi connectivity index (χ1n) is 5.03. The van der Waals surface area contributed by atoms with E-state index in [1.165, 1.54) is 0 Å². The summed E-state index contributed by atoms with van der Waals surface area (Å²) in [4.78, 5) is 0. The first-order chi connectivity index (χ1) is 7.38. The molecule has 0 heterocycles. The molecule has 0 amide bonds. The van der Waals surface area contributed by atoms with Gasteiger partial charge < -0.3 is 9.84 Å². The fourth-order valence-electron chi connectivity index (χ4n) is 1.19. The molecule has 0 aliphatic carbocycles. The van der Waals surface area contributed by atoms with Gasteiger partial charge in [-0.3, -0.25) is 0 Å². The molecular formula is C13H16FeO2. The molecule has 88 valence electrons. The van der Waals surface area contributed by atoms with E-state index in [4.69, 9.17) is 9.84 Å². The largest absolute Gasteiger partial charge is 2.00 e. The van der Waals surface area contributed by atoms with E-state index >= 15 is 0 Å². The molecule has 0 saturated heterocycles. The van der Waals surface area contributed by atoms with Gasteiger partial charge in [-0.1, -0.05) is 5.56 Å². The molecule has 0 aromatic heterocycles. The van der Waals surface area contributed by atoms with Crippen molar-refractivity contribution < 1.29 is 26.9 Å². The topological polar surface area (TPSA) is 29.5 Å². The van der Waals surface area contributed by atoms with E-state index in [0.717, 1.165) is 11.3 Å². The first-order valence-corrected chi connectivity index (χ1v) is 5.03. The third kappa shape index (κ3) is 5.17. The van der Waals surface area contributed by atoms with Gasteiger partial charge in [-0.05, 0) is 6.92 Å². The second-order valence-electron chi connectivity index (χ2n) is 2.97. The monoisotopic (exact) mass is 260 g/mol. The standard InChI is InChI=1S/C8H11O2.C5H5.Fe/c1-2-10-8-5-3-4-7(8)6-9;1-2-4-5-3-1;/h3-5,9H,2,6H2,1H3;1-5H;/q2*-1;+2. The van der Waals surface area contributed by atoms with Crippen molar-refractivity contribution in [2.45, 2.75) is 13.5 Å². The zero-order valence-electron chi connectivity index (χ0n) is 9.24. The Kier molecular flexibility index (Phi) is 8.63. The average molecular weight is 260 g/mol. The fraction of sp³-hybridized carbons (Fsp3) is 0.231. The van der Waals surface area contributed by atoms with Gasteiger partial charge in [0.05, 0.1) is 6.61 Å². The Morgan fingerprint density at radius 1 is 1.31 bits per heavy atom. The molecular weight excluding hydrogens is 244 g/mol. The van der Waals surface area contributed by atoms with Gasteiger partial charge in [-0.2, -0.15) is 30.3 Å². The minimum Gasteiger partial charge on any atom is -0.520 e. The molecule has 0 radical (unpaired) electrons. The third-order valence-electron chi connectivity index (χ3n) is 1.89. The summed E-state index contributed by atoms with van der Waals surface area (Å²) in [7, 11) is 0. The maximum Gasteiger partial charge on any atom is 2.00 e. The summed E-state index contributed by atoms with van der Waals surface area (Å²) in [6.45, 7) is 2.63. The van der Waals surface area contributed by atoms with E-state index in [-0.39, 0.29) is 23.7 Å². The smallest absolute Gasteiger partial charge is 0.520 e.